The highest BCUT2D eigenvalue weighted by Gasteiger charge is 2.08. The molecule has 20 heavy (non-hydrogen) atoms. The van der Waals surface area contributed by atoms with Crippen LogP contribution in [0.15, 0.2) is 48.5 Å². The van der Waals surface area contributed by atoms with Gasteiger partial charge in [-0.05, 0) is 36.6 Å². The van der Waals surface area contributed by atoms with Crippen molar-refractivity contribution >= 4 is 17.3 Å². The summed E-state index contributed by atoms with van der Waals surface area (Å²) < 4.78 is 0. The predicted molar refractivity (Wildman–Crippen MR) is 81.1 cm³/mol. The van der Waals surface area contributed by atoms with Gasteiger partial charge in [0.05, 0.1) is 5.56 Å². The number of aromatic carboxylic acids is 1. The molecule has 0 spiro atoms. The molecule has 4 nitrogen and oxygen atoms in total. The Kier molecular flexibility index (Phi) is 4.60. The Morgan fingerprint density at radius 3 is 2.60 bits per heavy atom. The number of hydrogen-bond donors (Lipinski definition) is 3. The molecular formula is C16H18N2O2. The summed E-state index contributed by atoms with van der Waals surface area (Å²) in [7, 11) is 0. The molecule has 0 bridgehead atoms. The van der Waals surface area contributed by atoms with E-state index in [2.05, 4.69) is 17.4 Å². The highest BCUT2D eigenvalue weighted by atomic mass is 16.4. The van der Waals surface area contributed by atoms with Crippen molar-refractivity contribution in [1.29, 1.82) is 0 Å². The Labute approximate surface area is 118 Å². The molecule has 0 radical (unpaired) electrons. The first kappa shape index (κ1) is 13.9. The van der Waals surface area contributed by atoms with E-state index in [1.165, 1.54) is 5.56 Å². The normalized spacial score (nSPS) is 10.2. The number of rotatable bonds is 6. The molecule has 0 amide bonds. The van der Waals surface area contributed by atoms with Crippen LogP contribution in [-0.4, -0.2) is 17.6 Å². The zero-order chi connectivity index (χ0) is 14.4. The molecule has 4 heteroatoms. The summed E-state index contributed by atoms with van der Waals surface area (Å²) in [6, 6.07) is 15.2. The number of nitrogen functional groups attached to an aromatic ring is 1. The average Bonchev–Trinajstić information content (AvgIpc) is 2.46. The molecule has 0 aromatic heterocycles. The van der Waals surface area contributed by atoms with Crippen LogP contribution in [-0.2, 0) is 6.42 Å². The van der Waals surface area contributed by atoms with Crippen LogP contribution in [0.4, 0.5) is 11.4 Å². The number of carboxylic acids is 1. The van der Waals surface area contributed by atoms with E-state index in [-0.39, 0.29) is 11.3 Å². The van der Waals surface area contributed by atoms with Crippen LogP contribution >= 0.6 is 0 Å². The van der Waals surface area contributed by atoms with Crippen LogP contribution < -0.4 is 11.1 Å². The summed E-state index contributed by atoms with van der Waals surface area (Å²) in [6.07, 6.45) is 1.98. The summed E-state index contributed by atoms with van der Waals surface area (Å²) in [4.78, 5) is 11.0. The van der Waals surface area contributed by atoms with Crippen LogP contribution in [0.5, 0.6) is 0 Å². The second kappa shape index (κ2) is 6.61. The predicted octanol–water partition coefficient (Wildman–Crippen LogP) is 3.01. The Balaban J connectivity index is 1.85. The van der Waals surface area contributed by atoms with Gasteiger partial charge in [-0.2, -0.15) is 0 Å². The van der Waals surface area contributed by atoms with E-state index >= 15 is 0 Å². The smallest absolute Gasteiger partial charge is 0.337 e. The lowest BCUT2D eigenvalue weighted by Crippen LogP contribution is -2.06. The zero-order valence-corrected chi connectivity index (χ0v) is 11.2. The molecule has 0 heterocycles. The lowest BCUT2D eigenvalue weighted by Gasteiger charge is -2.08. The van der Waals surface area contributed by atoms with Gasteiger partial charge in [0.15, 0.2) is 0 Å². The molecule has 0 fully saturated rings. The van der Waals surface area contributed by atoms with Gasteiger partial charge in [-0.3, -0.25) is 0 Å². The molecule has 0 unspecified atom stereocenters. The first-order chi connectivity index (χ1) is 9.66. The fraction of sp³-hybridized carbons (Fsp3) is 0.188. The Morgan fingerprint density at radius 2 is 1.90 bits per heavy atom. The van der Waals surface area contributed by atoms with Crippen molar-refractivity contribution in [3.8, 4) is 0 Å². The average molecular weight is 270 g/mol. The fourth-order valence-corrected chi connectivity index (χ4v) is 2.02. The van der Waals surface area contributed by atoms with Crippen molar-refractivity contribution in [2.75, 3.05) is 17.6 Å². The van der Waals surface area contributed by atoms with E-state index in [0.29, 0.717) is 0 Å². The van der Waals surface area contributed by atoms with Gasteiger partial charge in [0.25, 0.3) is 0 Å². The highest BCUT2D eigenvalue weighted by molar-refractivity contribution is 5.94. The monoisotopic (exact) mass is 270 g/mol. The van der Waals surface area contributed by atoms with Gasteiger partial charge >= 0.3 is 5.97 Å². The van der Waals surface area contributed by atoms with Crippen LogP contribution in [0.25, 0.3) is 0 Å². The van der Waals surface area contributed by atoms with Crippen molar-refractivity contribution < 1.29 is 9.90 Å². The molecule has 0 saturated heterocycles. The van der Waals surface area contributed by atoms with Crippen molar-refractivity contribution in [2.24, 2.45) is 0 Å². The third-order valence-corrected chi connectivity index (χ3v) is 3.10. The van der Waals surface area contributed by atoms with E-state index in [1.807, 2.05) is 18.2 Å². The second-order valence-corrected chi connectivity index (χ2v) is 4.62. The number of anilines is 2. The minimum Gasteiger partial charge on any atom is -0.478 e. The SMILES string of the molecule is Nc1ccc(NCCCc2ccccc2)cc1C(=O)O. The van der Waals surface area contributed by atoms with Crippen molar-refractivity contribution in [3.05, 3.63) is 59.7 Å². The summed E-state index contributed by atoms with van der Waals surface area (Å²) in [5, 5.41) is 12.2. The third kappa shape index (κ3) is 3.75. The maximum atomic E-state index is 11.0. The standard InChI is InChI=1S/C16H18N2O2/c17-15-9-8-13(11-14(15)16(19)20)18-10-4-7-12-5-2-1-3-6-12/h1-3,5-6,8-9,11,18H,4,7,10,17H2,(H,19,20). The van der Waals surface area contributed by atoms with Gasteiger partial charge in [-0.15, -0.1) is 0 Å². The summed E-state index contributed by atoms with van der Waals surface area (Å²) in [6.45, 7) is 0.790. The molecule has 104 valence electrons. The molecule has 0 aliphatic carbocycles. The minimum absolute atomic E-state index is 0.137. The second-order valence-electron chi connectivity index (χ2n) is 4.62. The number of benzene rings is 2. The van der Waals surface area contributed by atoms with Crippen LogP contribution in [0.1, 0.15) is 22.3 Å². The molecule has 0 atom stereocenters. The molecular weight excluding hydrogens is 252 g/mol. The number of hydrogen-bond acceptors (Lipinski definition) is 3. The largest absolute Gasteiger partial charge is 0.478 e. The number of nitrogens with one attached hydrogen (secondary N) is 1. The summed E-state index contributed by atoms with van der Waals surface area (Å²) in [5.41, 5.74) is 8.12. The van der Waals surface area contributed by atoms with Gasteiger partial charge in [-0.1, -0.05) is 30.3 Å². The minimum atomic E-state index is -1.00. The maximum Gasteiger partial charge on any atom is 0.337 e. The van der Waals surface area contributed by atoms with Gasteiger partial charge in [0, 0.05) is 17.9 Å². The molecule has 2 aromatic rings. The molecule has 0 aliphatic heterocycles. The molecule has 2 aromatic carbocycles. The van der Waals surface area contributed by atoms with E-state index in [0.717, 1.165) is 25.1 Å². The van der Waals surface area contributed by atoms with Crippen molar-refractivity contribution in [3.63, 3.8) is 0 Å². The van der Waals surface area contributed by atoms with Crippen LogP contribution in [0.3, 0.4) is 0 Å². The van der Waals surface area contributed by atoms with Crippen LogP contribution in [0.2, 0.25) is 0 Å². The van der Waals surface area contributed by atoms with Gasteiger partial charge in [0.2, 0.25) is 0 Å². The van der Waals surface area contributed by atoms with Crippen molar-refractivity contribution in [1.82, 2.24) is 0 Å². The van der Waals surface area contributed by atoms with E-state index in [1.54, 1.807) is 18.2 Å². The zero-order valence-electron chi connectivity index (χ0n) is 11.2. The molecule has 0 saturated carbocycles. The molecule has 0 aliphatic rings. The molecule has 2 rings (SSSR count). The van der Waals surface area contributed by atoms with E-state index in [4.69, 9.17) is 10.8 Å². The third-order valence-electron chi connectivity index (χ3n) is 3.10. The first-order valence-electron chi connectivity index (χ1n) is 6.57. The first-order valence-corrected chi connectivity index (χ1v) is 6.57. The lowest BCUT2D eigenvalue weighted by molar-refractivity contribution is 0.0698. The van der Waals surface area contributed by atoms with Gasteiger partial charge in [0.1, 0.15) is 0 Å². The summed E-state index contributed by atoms with van der Waals surface area (Å²) in [5.74, 6) is -1.00. The van der Waals surface area contributed by atoms with Gasteiger partial charge < -0.3 is 16.2 Å². The number of aryl methyl sites for hydroxylation is 1. The number of nitrogens with two attached hydrogens (primary N) is 1. The highest BCUT2D eigenvalue weighted by Crippen LogP contribution is 2.17. The maximum absolute atomic E-state index is 11.0. The van der Waals surface area contributed by atoms with E-state index < -0.39 is 5.97 Å². The topological polar surface area (TPSA) is 75.3 Å². The quantitative estimate of drug-likeness (QED) is 0.557. The molecule has 4 N–H and O–H groups in total. The summed E-state index contributed by atoms with van der Waals surface area (Å²) >= 11 is 0. The van der Waals surface area contributed by atoms with Crippen molar-refractivity contribution in [2.45, 2.75) is 12.8 Å². The Hall–Kier alpha value is -2.49. The Bertz CT molecular complexity index is 582. The van der Waals surface area contributed by atoms with E-state index in [9.17, 15) is 4.79 Å². The number of carboxylic acid groups (broad SMARTS) is 1. The number of carbonyl (C=O) groups is 1. The fourth-order valence-electron chi connectivity index (χ4n) is 2.02. The van der Waals surface area contributed by atoms with Crippen LogP contribution in [0, 0.1) is 0 Å². The van der Waals surface area contributed by atoms with Gasteiger partial charge in [-0.25, -0.2) is 4.79 Å². The lowest BCUT2D eigenvalue weighted by atomic mass is 10.1. The Morgan fingerprint density at radius 1 is 1.15 bits per heavy atom.